The molecule has 3 nitrogen and oxygen atoms in total. The molecule has 1 unspecified atom stereocenters. The number of carbonyl (C=O) groups is 1. The molecule has 22 heavy (non-hydrogen) atoms. The first-order valence-corrected chi connectivity index (χ1v) is 8.78. The van der Waals surface area contributed by atoms with Gasteiger partial charge in [0.2, 0.25) is 5.91 Å². The van der Waals surface area contributed by atoms with Gasteiger partial charge in [-0.1, -0.05) is 32.0 Å². The number of para-hydroxylation sites is 1. The maximum atomic E-state index is 12.6. The zero-order valence-corrected chi connectivity index (χ0v) is 14.8. The topological polar surface area (TPSA) is 32.3 Å². The first-order chi connectivity index (χ1) is 10.5. The van der Waals surface area contributed by atoms with E-state index < -0.39 is 0 Å². The van der Waals surface area contributed by atoms with Crippen molar-refractivity contribution >= 4 is 23.7 Å². The van der Waals surface area contributed by atoms with Crippen molar-refractivity contribution in [3.05, 3.63) is 29.3 Å². The molecule has 1 aromatic rings. The molecule has 0 aliphatic carbocycles. The van der Waals surface area contributed by atoms with E-state index >= 15 is 0 Å². The highest BCUT2D eigenvalue weighted by atomic mass is 32.2. The van der Waals surface area contributed by atoms with Gasteiger partial charge in [-0.15, -0.1) is 0 Å². The lowest BCUT2D eigenvalue weighted by atomic mass is 10.1. The number of amides is 1. The largest absolute Gasteiger partial charge is 0.324 e. The van der Waals surface area contributed by atoms with Crippen LogP contribution >= 0.6 is 12.1 Å². The van der Waals surface area contributed by atoms with Crippen LogP contribution in [0.4, 0.5) is 9.57 Å². The van der Waals surface area contributed by atoms with Gasteiger partial charge in [-0.2, -0.15) is 3.89 Å². The van der Waals surface area contributed by atoms with Crippen LogP contribution in [0.2, 0.25) is 0 Å². The monoisotopic (exact) mass is 326 g/mol. The average molecular weight is 326 g/mol. The zero-order valence-electron chi connectivity index (χ0n) is 14.0. The minimum absolute atomic E-state index is 0.0228. The summed E-state index contributed by atoms with van der Waals surface area (Å²) in [5.74, 6) is 0.500. The van der Waals surface area contributed by atoms with Gasteiger partial charge in [-0.25, -0.2) is 0 Å². The fraction of sp³-hybridized carbons (Fsp3) is 0.588. The SMILES string of the molecule is CCC(C(=O)Nc1c(C)cccc1C)N(CC)CCCSF. The summed E-state index contributed by atoms with van der Waals surface area (Å²) in [6.07, 6.45) is 1.50. The molecule has 5 heteroatoms. The number of anilines is 1. The van der Waals surface area contributed by atoms with Crippen LogP contribution < -0.4 is 5.32 Å². The van der Waals surface area contributed by atoms with Gasteiger partial charge in [0.15, 0.2) is 0 Å². The van der Waals surface area contributed by atoms with Gasteiger partial charge in [-0.05, 0) is 50.9 Å². The average Bonchev–Trinajstić information content (AvgIpc) is 2.50. The van der Waals surface area contributed by atoms with E-state index in [1.807, 2.05) is 45.9 Å². The summed E-state index contributed by atoms with van der Waals surface area (Å²) in [6.45, 7) is 9.58. The third-order valence-electron chi connectivity index (χ3n) is 3.93. The quantitative estimate of drug-likeness (QED) is 0.685. The van der Waals surface area contributed by atoms with Crippen LogP contribution in [-0.2, 0) is 4.79 Å². The Balaban J connectivity index is 2.78. The molecule has 0 aliphatic heterocycles. The van der Waals surface area contributed by atoms with E-state index in [2.05, 4.69) is 10.2 Å². The lowest BCUT2D eigenvalue weighted by molar-refractivity contribution is -0.121. The van der Waals surface area contributed by atoms with Crippen molar-refractivity contribution < 1.29 is 8.68 Å². The lowest BCUT2D eigenvalue weighted by Crippen LogP contribution is -2.44. The van der Waals surface area contributed by atoms with Crippen molar-refractivity contribution in [1.82, 2.24) is 4.90 Å². The van der Waals surface area contributed by atoms with Crippen molar-refractivity contribution in [2.24, 2.45) is 0 Å². The number of nitrogens with one attached hydrogen (secondary N) is 1. The van der Waals surface area contributed by atoms with Crippen LogP contribution in [0.5, 0.6) is 0 Å². The molecule has 0 aromatic heterocycles. The van der Waals surface area contributed by atoms with Gasteiger partial charge >= 0.3 is 0 Å². The van der Waals surface area contributed by atoms with E-state index in [1.54, 1.807) is 0 Å². The Kier molecular flexibility index (Phi) is 8.49. The molecule has 1 amide bonds. The minimum atomic E-state index is -0.173. The molecule has 0 heterocycles. The predicted molar refractivity (Wildman–Crippen MR) is 94.1 cm³/mol. The molecule has 0 aliphatic rings. The number of nitrogens with zero attached hydrogens (tertiary/aromatic N) is 1. The highest BCUT2D eigenvalue weighted by Crippen LogP contribution is 2.20. The van der Waals surface area contributed by atoms with Crippen LogP contribution in [0.25, 0.3) is 0 Å². The number of carbonyl (C=O) groups excluding carboxylic acids is 1. The molecule has 0 saturated heterocycles. The summed E-state index contributed by atoms with van der Waals surface area (Å²) in [5, 5.41) is 3.07. The van der Waals surface area contributed by atoms with Crippen LogP contribution in [0.3, 0.4) is 0 Å². The second-order valence-electron chi connectivity index (χ2n) is 5.48. The van der Waals surface area contributed by atoms with Crippen LogP contribution in [0.1, 0.15) is 37.8 Å². The molecule has 124 valence electrons. The highest BCUT2D eigenvalue weighted by Gasteiger charge is 2.23. The number of rotatable bonds is 9. The summed E-state index contributed by atoms with van der Waals surface area (Å²) >= 11 is 0.361. The fourth-order valence-corrected chi connectivity index (χ4v) is 2.92. The predicted octanol–water partition coefficient (Wildman–Crippen LogP) is 4.35. The van der Waals surface area contributed by atoms with E-state index in [4.69, 9.17) is 0 Å². The Morgan fingerprint density at radius 2 is 1.95 bits per heavy atom. The van der Waals surface area contributed by atoms with Gasteiger partial charge < -0.3 is 5.32 Å². The molecule has 0 bridgehead atoms. The molecule has 1 N–H and O–H groups in total. The third-order valence-corrected chi connectivity index (χ3v) is 4.38. The first kappa shape index (κ1) is 19.0. The smallest absolute Gasteiger partial charge is 0.241 e. The number of halogens is 1. The second-order valence-corrected chi connectivity index (χ2v) is 6.10. The van der Waals surface area contributed by atoms with Crippen molar-refractivity contribution in [3.8, 4) is 0 Å². The van der Waals surface area contributed by atoms with E-state index in [0.29, 0.717) is 17.9 Å². The molecule has 0 spiro atoms. The van der Waals surface area contributed by atoms with E-state index in [9.17, 15) is 8.68 Å². The van der Waals surface area contributed by atoms with Crippen molar-refractivity contribution in [3.63, 3.8) is 0 Å². The molecular formula is C17H27FN2OS. The van der Waals surface area contributed by atoms with E-state index in [0.717, 1.165) is 42.7 Å². The van der Waals surface area contributed by atoms with Crippen molar-refractivity contribution in [2.45, 2.75) is 46.6 Å². The Morgan fingerprint density at radius 3 is 2.45 bits per heavy atom. The van der Waals surface area contributed by atoms with Gasteiger partial charge in [0, 0.05) is 23.6 Å². The van der Waals surface area contributed by atoms with E-state index in [1.165, 1.54) is 0 Å². The van der Waals surface area contributed by atoms with Crippen LogP contribution in [0.15, 0.2) is 18.2 Å². The molecule has 0 fully saturated rings. The maximum absolute atomic E-state index is 12.6. The maximum Gasteiger partial charge on any atom is 0.241 e. The fourth-order valence-electron chi connectivity index (χ4n) is 2.68. The van der Waals surface area contributed by atoms with Gasteiger partial charge in [0.05, 0.1) is 6.04 Å². The molecule has 1 aromatic carbocycles. The molecule has 1 atom stereocenters. The summed E-state index contributed by atoms with van der Waals surface area (Å²) in [4.78, 5) is 14.8. The summed E-state index contributed by atoms with van der Waals surface area (Å²) in [7, 11) is 0. The van der Waals surface area contributed by atoms with Crippen molar-refractivity contribution in [2.75, 3.05) is 24.2 Å². The summed E-state index contributed by atoms with van der Waals surface area (Å²) < 4.78 is 12.2. The lowest BCUT2D eigenvalue weighted by Gasteiger charge is -2.29. The van der Waals surface area contributed by atoms with Gasteiger partial charge in [0.25, 0.3) is 0 Å². The minimum Gasteiger partial charge on any atom is -0.324 e. The van der Waals surface area contributed by atoms with Gasteiger partial charge in [0.1, 0.15) is 0 Å². The third kappa shape index (κ3) is 5.29. The Bertz CT molecular complexity index is 461. The van der Waals surface area contributed by atoms with Gasteiger partial charge in [-0.3, -0.25) is 9.69 Å². The standard InChI is InChI=1S/C17H27FN2OS/c1-5-15(20(6-2)11-8-12-22-18)17(21)19-16-13(3)9-7-10-14(16)4/h7,9-10,15H,5-6,8,11-12H2,1-4H3,(H,19,21). The van der Waals surface area contributed by atoms with E-state index in [-0.39, 0.29) is 11.9 Å². The second kappa shape index (κ2) is 9.85. The number of aryl methyl sites for hydroxylation is 2. The normalized spacial score (nSPS) is 12.5. The molecule has 0 radical (unpaired) electrons. The Labute approximate surface area is 138 Å². The first-order valence-electron chi connectivity index (χ1n) is 7.89. The van der Waals surface area contributed by atoms with Crippen LogP contribution in [-0.4, -0.2) is 35.7 Å². The highest BCUT2D eigenvalue weighted by molar-refractivity contribution is 7.94. The molecule has 0 saturated carbocycles. The summed E-state index contributed by atoms with van der Waals surface area (Å²) in [6, 6.07) is 5.82. The Hall–Kier alpha value is -1.07. The number of hydrogen-bond acceptors (Lipinski definition) is 3. The number of benzene rings is 1. The molecular weight excluding hydrogens is 299 g/mol. The van der Waals surface area contributed by atoms with Crippen LogP contribution in [0, 0.1) is 13.8 Å². The number of likely N-dealkylation sites (N-methyl/N-ethyl adjacent to an activating group) is 1. The zero-order chi connectivity index (χ0) is 16.5. The van der Waals surface area contributed by atoms with Crippen molar-refractivity contribution in [1.29, 1.82) is 0 Å². The number of hydrogen-bond donors (Lipinski definition) is 1. The summed E-state index contributed by atoms with van der Waals surface area (Å²) in [5.41, 5.74) is 3.04. The Morgan fingerprint density at radius 1 is 1.32 bits per heavy atom. The molecule has 1 rings (SSSR count).